The first-order valence-corrected chi connectivity index (χ1v) is 6.84. The maximum absolute atomic E-state index is 12.0. The van der Waals surface area contributed by atoms with Gasteiger partial charge in [0.05, 0.1) is 6.54 Å². The van der Waals surface area contributed by atoms with Crippen LogP contribution in [0.1, 0.15) is 6.92 Å². The van der Waals surface area contributed by atoms with E-state index >= 15 is 0 Å². The van der Waals surface area contributed by atoms with E-state index in [2.05, 4.69) is 5.16 Å². The molecule has 0 radical (unpaired) electrons. The number of sulfonamides is 1. The molecule has 16 heavy (non-hydrogen) atoms. The Hall–Kier alpha value is -1.12. The summed E-state index contributed by atoms with van der Waals surface area (Å²) < 4.78 is 25.4. The molecule has 1 aromatic rings. The maximum Gasteiger partial charge on any atom is 0.252 e. The Morgan fingerprint density at radius 1 is 1.69 bits per heavy atom. The van der Waals surface area contributed by atoms with Crippen molar-refractivity contribution in [1.82, 2.24) is 4.31 Å². The van der Waals surface area contributed by atoms with E-state index in [1.54, 1.807) is 18.4 Å². The molecule has 90 valence electrons. The summed E-state index contributed by atoms with van der Waals surface area (Å²) in [6.07, 6.45) is 0. The predicted octanol–water partition coefficient (Wildman–Crippen LogP) is 0.505. The van der Waals surface area contributed by atoms with Gasteiger partial charge in [-0.25, -0.2) is 8.42 Å². The van der Waals surface area contributed by atoms with E-state index in [1.807, 2.05) is 0 Å². The summed E-state index contributed by atoms with van der Waals surface area (Å²) >= 11 is 1.14. The van der Waals surface area contributed by atoms with Crippen LogP contribution in [0.3, 0.4) is 0 Å². The van der Waals surface area contributed by atoms with E-state index in [-0.39, 0.29) is 23.1 Å². The largest absolute Gasteiger partial charge is 0.409 e. The number of nitrogens with two attached hydrogens (primary N) is 1. The molecular weight excluding hydrogens is 250 g/mol. The number of hydrogen-bond acceptors (Lipinski definition) is 5. The van der Waals surface area contributed by atoms with E-state index in [1.165, 1.54) is 6.07 Å². The van der Waals surface area contributed by atoms with Gasteiger partial charge >= 0.3 is 0 Å². The summed E-state index contributed by atoms with van der Waals surface area (Å²) in [4.78, 5) is 0. The molecule has 1 aromatic heterocycles. The van der Waals surface area contributed by atoms with Gasteiger partial charge in [0.1, 0.15) is 4.21 Å². The molecule has 0 unspecified atom stereocenters. The molecule has 0 aliphatic rings. The Morgan fingerprint density at radius 2 is 2.38 bits per heavy atom. The second-order valence-corrected chi connectivity index (χ2v) is 6.07. The number of hydrogen-bond donors (Lipinski definition) is 2. The zero-order chi connectivity index (χ0) is 12.2. The standard InChI is InChI=1S/C8H13N3O3S2/c1-2-11(6-7(9)10-12)16(13,14)8-4-3-5-15-8/h3-5,12H,2,6H2,1H3,(H2,9,10). The molecule has 8 heteroatoms. The number of oxime groups is 1. The summed E-state index contributed by atoms with van der Waals surface area (Å²) in [5.74, 6) is -0.137. The second kappa shape index (κ2) is 5.28. The Labute approximate surface area is 98.0 Å². The lowest BCUT2D eigenvalue weighted by Gasteiger charge is -2.18. The predicted molar refractivity (Wildman–Crippen MR) is 62.2 cm³/mol. The second-order valence-electron chi connectivity index (χ2n) is 2.95. The number of rotatable bonds is 5. The summed E-state index contributed by atoms with van der Waals surface area (Å²) in [6, 6.07) is 3.18. The molecule has 0 spiro atoms. The molecule has 0 atom stereocenters. The van der Waals surface area contributed by atoms with Crippen LogP contribution in [0.4, 0.5) is 0 Å². The Kier molecular flexibility index (Phi) is 4.27. The molecule has 0 saturated heterocycles. The van der Waals surface area contributed by atoms with Gasteiger partial charge in [-0.3, -0.25) is 0 Å². The highest BCUT2D eigenvalue weighted by molar-refractivity contribution is 7.91. The van der Waals surface area contributed by atoms with Crippen molar-refractivity contribution in [1.29, 1.82) is 0 Å². The van der Waals surface area contributed by atoms with E-state index in [0.29, 0.717) is 0 Å². The van der Waals surface area contributed by atoms with Gasteiger partial charge in [-0.05, 0) is 11.4 Å². The van der Waals surface area contributed by atoms with Crippen LogP contribution in [0.25, 0.3) is 0 Å². The highest BCUT2D eigenvalue weighted by atomic mass is 32.2. The normalized spacial score (nSPS) is 13.2. The molecule has 0 aliphatic heterocycles. The van der Waals surface area contributed by atoms with Crippen molar-refractivity contribution in [2.75, 3.05) is 13.1 Å². The van der Waals surface area contributed by atoms with Crippen molar-refractivity contribution in [3.8, 4) is 0 Å². The SMILES string of the molecule is CCN(CC(N)=NO)S(=O)(=O)c1cccs1. The Balaban J connectivity index is 2.97. The van der Waals surface area contributed by atoms with Crippen molar-refractivity contribution < 1.29 is 13.6 Å². The van der Waals surface area contributed by atoms with E-state index in [0.717, 1.165) is 15.6 Å². The molecule has 0 bridgehead atoms. The Morgan fingerprint density at radius 3 is 2.81 bits per heavy atom. The van der Waals surface area contributed by atoms with Crippen LogP contribution >= 0.6 is 11.3 Å². The lowest BCUT2D eigenvalue weighted by atomic mass is 10.6. The highest BCUT2D eigenvalue weighted by Crippen LogP contribution is 2.20. The maximum atomic E-state index is 12.0. The number of nitrogens with zero attached hydrogens (tertiary/aromatic N) is 2. The van der Waals surface area contributed by atoms with Gasteiger partial charge < -0.3 is 10.9 Å². The van der Waals surface area contributed by atoms with E-state index < -0.39 is 10.0 Å². The lowest BCUT2D eigenvalue weighted by molar-refractivity contribution is 0.315. The fraction of sp³-hybridized carbons (Fsp3) is 0.375. The van der Waals surface area contributed by atoms with Crippen molar-refractivity contribution in [2.24, 2.45) is 10.9 Å². The number of likely N-dealkylation sites (N-methyl/N-ethyl adjacent to an activating group) is 1. The minimum Gasteiger partial charge on any atom is -0.409 e. The molecule has 0 aliphatic carbocycles. The molecular formula is C8H13N3O3S2. The van der Waals surface area contributed by atoms with E-state index in [9.17, 15) is 8.42 Å². The van der Waals surface area contributed by atoms with Crippen LogP contribution in [0.5, 0.6) is 0 Å². The summed E-state index contributed by atoms with van der Waals surface area (Å²) in [5, 5.41) is 12.9. The third kappa shape index (κ3) is 2.71. The minimum absolute atomic E-state index is 0.118. The van der Waals surface area contributed by atoms with Gasteiger partial charge in [0.25, 0.3) is 10.0 Å². The van der Waals surface area contributed by atoms with Gasteiger partial charge in [0.2, 0.25) is 0 Å². The molecule has 3 N–H and O–H groups in total. The van der Waals surface area contributed by atoms with Crippen LogP contribution in [0, 0.1) is 0 Å². The highest BCUT2D eigenvalue weighted by Gasteiger charge is 2.24. The van der Waals surface area contributed by atoms with Crippen LogP contribution in [0.15, 0.2) is 26.9 Å². The first-order chi connectivity index (χ1) is 7.52. The van der Waals surface area contributed by atoms with Crippen LogP contribution in [0.2, 0.25) is 0 Å². The third-order valence-corrected chi connectivity index (χ3v) is 5.20. The first-order valence-electron chi connectivity index (χ1n) is 4.52. The fourth-order valence-corrected chi connectivity index (χ4v) is 3.68. The minimum atomic E-state index is -3.53. The van der Waals surface area contributed by atoms with Gasteiger partial charge in [-0.1, -0.05) is 18.1 Å². The molecule has 1 heterocycles. The smallest absolute Gasteiger partial charge is 0.252 e. The van der Waals surface area contributed by atoms with Crippen LogP contribution in [-0.4, -0.2) is 36.9 Å². The molecule has 0 saturated carbocycles. The van der Waals surface area contributed by atoms with Gasteiger partial charge in [-0.2, -0.15) is 4.31 Å². The van der Waals surface area contributed by atoms with Gasteiger partial charge in [0, 0.05) is 6.54 Å². The average molecular weight is 263 g/mol. The zero-order valence-corrected chi connectivity index (χ0v) is 10.3. The summed E-state index contributed by atoms with van der Waals surface area (Å²) in [7, 11) is -3.53. The molecule has 6 nitrogen and oxygen atoms in total. The lowest BCUT2D eigenvalue weighted by Crippen LogP contribution is -2.38. The van der Waals surface area contributed by atoms with Crippen molar-refractivity contribution in [3.63, 3.8) is 0 Å². The molecule has 0 fully saturated rings. The monoisotopic (exact) mass is 263 g/mol. The average Bonchev–Trinajstić information content (AvgIpc) is 2.78. The summed E-state index contributed by atoms with van der Waals surface area (Å²) in [5.41, 5.74) is 5.30. The molecule has 0 amide bonds. The first kappa shape index (κ1) is 12.9. The van der Waals surface area contributed by atoms with E-state index in [4.69, 9.17) is 10.9 Å². The van der Waals surface area contributed by atoms with Crippen molar-refractivity contribution in [2.45, 2.75) is 11.1 Å². The quantitative estimate of drug-likeness (QED) is 0.350. The molecule has 1 rings (SSSR count). The van der Waals surface area contributed by atoms with Gasteiger partial charge in [-0.15, -0.1) is 11.3 Å². The molecule has 0 aromatic carbocycles. The zero-order valence-electron chi connectivity index (χ0n) is 8.70. The fourth-order valence-electron chi connectivity index (χ4n) is 1.12. The Bertz CT molecular complexity index is 453. The van der Waals surface area contributed by atoms with Crippen molar-refractivity contribution in [3.05, 3.63) is 17.5 Å². The van der Waals surface area contributed by atoms with Crippen molar-refractivity contribution >= 4 is 27.2 Å². The third-order valence-electron chi connectivity index (χ3n) is 1.91. The number of thiophene rings is 1. The van der Waals surface area contributed by atoms with Crippen LogP contribution < -0.4 is 5.73 Å². The van der Waals surface area contributed by atoms with Crippen LogP contribution in [-0.2, 0) is 10.0 Å². The topological polar surface area (TPSA) is 96.0 Å². The van der Waals surface area contributed by atoms with Gasteiger partial charge in [0.15, 0.2) is 5.84 Å². The summed E-state index contributed by atoms with van der Waals surface area (Å²) in [6.45, 7) is 1.83. The number of amidine groups is 1.